The van der Waals surface area contributed by atoms with Crippen molar-refractivity contribution in [3.05, 3.63) is 32.5 Å². The van der Waals surface area contributed by atoms with Gasteiger partial charge in [0.2, 0.25) is 0 Å². The van der Waals surface area contributed by atoms with Gasteiger partial charge in [-0.3, -0.25) is 0 Å². The lowest BCUT2D eigenvalue weighted by atomic mass is 10.1. The van der Waals surface area contributed by atoms with E-state index in [-0.39, 0.29) is 16.5 Å². The first-order valence-corrected chi connectivity index (χ1v) is 5.75. The third-order valence-corrected chi connectivity index (χ3v) is 3.79. The largest absolute Gasteiger partial charge is 0.390 e. The van der Waals surface area contributed by atoms with Gasteiger partial charge >= 0.3 is 0 Å². The Hall–Kier alpha value is -0.260. The van der Waals surface area contributed by atoms with E-state index in [4.69, 9.17) is 11.6 Å². The van der Waals surface area contributed by atoms with E-state index in [2.05, 4.69) is 15.9 Å². The van der Waals surface area contributed by atoms with Gasteiger partial charge in [0.15, 0.2) is 17.5 Å². The summed E-state index contributed by atoms with van der Waals surface area (Å²) >= 11 is 8.08. The van der Waals surface area contributed by atoms with Crippen LogP contribution in [0.1, 0.15) is 18.4 Å². The average molecular weight is 316 g/mol. The molecule has 0 saturated heterocycles. The zero-order valence-corrected chi connectivity index (χ0v) is 10.3. The second kappa shape index (κ2) is 3.89. The summed E-state index contributed by atoms with van der Waals surface area (Å²) < 4.78 is 39.8. The molecule has 6 heteroatoms. The minimum absolute atomic E-state index is 0.121. The lowest BCUT2D eigenvalue weighted by Gasteiger charge is -2.12. The summed E-state index contributed by atoms with van der Waals surface area (Å²) in [5.41, 5.74) is -1.24. The minimum atomic E-state index is -1.42. The molecule has 16 heavy (non-hydrogen) atoms. The van der Waals surface area contributed by atoms with Crippen LogP contribution in [0.5, 0.6) is 0 Å². The topological polar surface area (TPSA) is 20.2 Å². The van der Waals surface area contributed by atoms with Crippen LogP contribution in [0.3, 0.4) is 0 Å². The summed E-state index contributed by atoms with van der Waals surface area (Å²) in [5, 5.41) is 8.74. The smallest absolute Gasteiger partial charge is 0.180 e. The fraction of sp³-hybridized carbons (Fsp3) is 0.400. The Morgan fingerprint density at radius 2 is 1.75 bits per heavy atom. The highest BCUT2D eigenvalue weighted by Crippen LogP contribution is 2.42. The number of hydrogen-bond acceptors (Lipinski definition) is 1. The average Bonchev–Trinajstić information content (AvgIpc) is 2.98. The van der Waals surface area contributed by atoms with Crippen LogP contribution in [0.2, 0.25) is 5.02 Å². The van der Waals surface area contributed by atoms with Crippen LogP contribution < -0.4 is 0 Å². The second-order valence-corrected chi connectivity index (χ2v) is 5.12. The molecule has 0 heterocycles. The van der Waals surface area contributed by atoms with Gasteiger partial charge in [-0.25, -0.2) is 13.2 Å². The number of rotatable bonds is 2. The Balaban J connectivity index is 2.51. The minimum Gasteiger partial charge on any atom is -0.390 e. The maximum atomic E-state index is 13.5. The zero-order chi connectivity index (χ0) is 12.1. The van der Waals surface area contributed by atoms with Crippen molar-refractivity contribution in [3.8, 4) is 0 Å². The van der Waals surface area contributed by atoms with E-state index in [1.165, 1.54) is 0 Å². The maximum Gasteiger partial charge on any atom is 0.180 e. The first kappa shape index (κ1) is 12.2. The summed E-state index contributed by atoms with van der Waals surface area (Å²) in [6, 6.07) is 0. The van der Waals surface area contributed by atoms with Crippen molar-refractivity contribution in [2.45, 2.75) is 24.9 Å². The van der Waals surface area contributed by atoms with E-state index < -0.39 is 28.1 Å². The SMILES string of the molecule is OC1(Cc2c(F)c(F)c(Cl)c(F)c2Br)CC1. The Bertz CT molecular complexity index is 431. The lowest BCUT2D eigenvalue weighted by molar-refractivity contribution is 0.149. The van der Waals surface area contributed by atoms with Crippen molar-refractivity contribution in [2.24, 2.45) is 0 Å². The van der Waals surface area contributed by atoms with Crippen molar-refractivity contribution >= 4 is 27.5 Å². The van der Waals surface area contributed by atoms with Crippen LogP contribution in [-0.4, -0.2) is 10.7 Å². The monoisotopic (exact) mass is 314 g/mol. The Labute approximate surface area is 103 Å². The normalized spacial score (nSPS) is 17.6. The number of halogens is 5. The first-order valence-electron chi connectivity index (χ1n) is 4.58. The van der Waals surface area contributed by atoms with Gasteiger partial charge in [-0.1, -0.05) is 11.6 Å². The predicted octanol–water partition coefficient (Wildman–Crippen LogP) is 3.59. The molecule has 1 saturated carbocycles. The predicted molar refractivity (Wildman–Crippen MR) is 56.9 cm³/mol. The van der Waals surface area contributed by atoms with Crippen molar-refractivity contribution in [2.75, 3.05) is 0 Å². The van der Waals surface area contributed by atoms with E-state index in [9.17, 15) is 18.3 Å². The summed E-state index contributed by atoms with van der Waals surface area (Å²) in [6.45, 7) is 0. The highest BCUT2D eigenvalue weighted by atomic mass is 79.9. The van der Waals surface area contributed by atoms with E-state index in [0.717, 1.165) is 0 Å². The van der Waals surface area contributed by atoms with E-state index in [1.807, 2.05) is 0 Å². The molecule has 1 nitrogen and oxygen atoms in total. The van der Waals surface area contributed by atoms with Gasteiger partial charge in [0.05, 0.1) is 10.1 Å². The van der Waals surface area contributed by atoms with E-state index in [1.54, 1.807) is 0 Å². The van der Waals surface area contributed by atoms with Crippen molar-refractivity contribution < 1.29 is 18.3 Å². The molecule has 0 bridgehead atoms. The molecule has 0 amide bonds. The van der Waals surface area contributed by atoms with Crippen LogP contribution in [0.25, 0.3) is 0 Å². The molecule has 1 aliphatic carbocycles. The van der Waals surface area contributed by atoms with Gasteiger partial charge in [-0.2, -0.15) is 0 Å². The van der Waals surface area contributed by atoms with Gasteiger partial charge in [0.1, 0.15) is 5.02 Å². The summed E-state index contributed by atoms with van der Waals surface area (Å²) in [4.78, 5) is 0. The van der Waals surface area contributed by atoms with Crippen LogP contribution >= 0.6 is 27.5 Å². The van der Waals surface area contributed by atoms with Gasteiger partial charge in [0, 0.05) is 12.0 Å². The third-order valence-electron chi connectivity index (χ3n) is 2.63. The number of hydrogen-bond donors (Lipinski definition) is 1. The van der Waals surface area contributed by atoms with E-state index in [0.29, 0.717) is 12.8 Å². The molecule has 0 spiro atoms. The maximum absolute atomic E-state index is 13.5. The van der Waals surface area contributed by atoms with Crippen LogP contribution in [0.15, 0.2) is 4.47 Å². The molecule has 1 N–H and O–H groups in total. The fourth-order valence-corrected chi connectivity index (χ4v) is 2.26. The zero-order valence-electron chi connectivity index (χ0n) is 7.96. The van der Waals surface area contributed by atoms with Crippen molar-refractivity contribution in [1.29, 1.82) is 0 Å². The molecule has 88 valence electrons. The van der Waals surface area contributed by atoms with Crippen LogP contribution in [0, 0.1) is 17.5 Å². The standard InChI is InChI=1S/C10H7BrClF3O/c11-5-4(3-10(16)1-2-10)7(13)9(15)6(12)8(5)14/h16H,1-3H2. The van der Waals surface area contributed by atoms with Gasteiger partial charge < -0.3 is 5.11 Å². The molecule has 0 atom stereocenters. The number of aliphatic hydroxyl groups is 1. The number of benzene rings is 1. The lowest BCUT2D eigenvalue weighted by Crippen LogP contribution is -2.14. The Morgan fingerprint density at radius 3 is 2.25 bits per heavy atom. The van der Waals surface area contributed by atoms with Crippen LogP contribution in [0.4, 0.5) is 13.2 Å². The molecular formula is C10H7BrClF3O. The Morgan fingerprint density at radius 1 is 1.19 bits per heavy atom. The molecule has 1 aromatic carbocycles. The molecule has 0 radical (unpaired) electrons. The molecule has 0 unspecified atom stereocenters. The van der Waals surface area contributed by atoms with Gasteiger partial charge in [-0.15, -0.1) is 0 Å². The second-order valence-electron chi connectivity index (χ2n) is 3.95. The summed E-state index contributed by atoms with van der Waals surface area (Å²) in [5.74, 6) is -3.67. The highest BCUT2D eigenvalue weighted by Gasteiger charge is 2.42. The quantitative estimate of drug-likeness (QED) is 0.653. The van der Waals surface area contributed by atoms with Crippen molar-refractivity contribution in [1.82, 2.24) is 0 Å². The summed E-state index contributed by atoms with van der Waals surface area (Å²) in [7, 11) is 0. The van der Waals surface area contributed by atoms with Gasteiger partial charge in [-0.05, 0) is 28.8 Å². The van der Waals surface area contributed by atoms with Gasteiger partial charge in [0.25, 0.3) is 0 Å². The summed E-state index contributed by atoms with van der Waals surface area (Å²) in [6.07, 6.45) is 0.889. The Kier molecular flexibility index (Phi) is 2.97. The highest BCUT2D eigenvalue weighted by molar-refractivity contribution is 9.10. The molecule has 2 rings (SSSR count). The van der Waals surface area contributed by atoms with Crippen LogP contribution in [-0.2, 0) is 6.42 Å². The molecule has 0 aliphatic heterocycles. The molecule has 1 aromatic rings. The third kappa shape index (κ3) is 1.96. The molecular weight excluding hydrogens is 308 g/mol. The fourth-order valence-electron chi connectivity index (χ4n) is 1.46. The first-order chi connectivity index (χ1) is 7.36. The molecule has 1 fully saturated rings. The molecule has 1 aliphatic rings. The molecule has 0 aromatic heterocycles. The van der Waals surface area contributed by atoms with E-state index >= 15 is 0 Å². The van der Waals surface area contributed by atoms with Crippen molar-refractivity contribution in [3.63, 3.8) is 0 Å².